The van der Waals surface area contributed by atoms with Crippen LogP contribution in [0.4, 0.5) is 4.39 Å². The van der Waals surface area contributed by atoms with Gasteiger partial charge >= 0.3 is 0 Å². The molecule has 0 aliphatic rings. The largest absolute Gasteiger partial charge is 0.341 e. The molecule has 0 N–H and O–H groups in total. The lowest BCUT2D eigenvalue weighted by Crippen LogP contribution is -2.32. The molecule has 128 valence electrons. The van der Waals surface area contributed by atoms with Crippen molar-refractivity contribution in [1.29, 1.82) is 0 Å². The lowest BCUT2D eigenvalue weighted by Gasteiger charge is -2.17. The van der Waals surface area contributed by atoms with Gasteiger partial charge in [-0.3, -0.25) is 4.79 Å². The second kappa shape index (κ2) is 7.57. The van der Waals surface area contributed by atoms with Crippen molar-refractivity contribution in [3.05, 3.63) is 71.0 Å². The number of nitrogens with zero attached hydrogens (tertiary/aromatic N) is 1. The second-order valence-corrected chi connectivity index (χ2v) is 7.96. The molecule has 0 aromatic heterocycles. The van der Waals surface area contributed by atoms with Gasteiger partial charge in [0.25, 0.3) is 0 Å². The molecule has 0 radical (unpaired) electrons. The zero-order valence-corrected chi connectivity index (χ0v) is 14.5. The van der Waals surface area contributed by atoms with Crippen LogP contribution in [0.1, 0.15) is 16.7 Å². The first kappa shape index (κ1) is 18.1. The van der Waals surface area contributed by atoms with Crippen molar-refractivity contribution in [3.63, 3.8) is 0 Å². The van der Waals surface area contributed by atoms with Gasteiger partial charge in [0, 0.05) is 13.6 Å². The van der Waals surface area contributed by atoms with Gasteiger partial charge in [-0.25, -0.2) is 12.8 Å². The van der Waals surface area contributed by atoms with E-state index in [4.69, 9.17) is 0 Å². The number of carbonyl (C=O) groups excluding carboxylic acids is 1. The zero-order chi connectivity index (χ0) is 17.7. The van der Waals surface area contributed by atoms with E-state index in [0.717, 1.165) is 5.56 Å². The van der Waals surface area contributed by atoms with Crippen LogP contribution in [0.3, 0.4) is 0 Å². The van der Waals surface area contributed by atoms with E-state index in [0.29, 0.717) is 11.1 Å². The number of benzene rings is 2. The maximum absolute atomic E-state index is 13.2. The first-order valence-corrected chi connectivity index (χ1v) is 9.32. The van der Waals surface area contributed by atoms with Gasteiger partial charge < -0.3 is 4.90 Å². The van der Waals surface area contributed by atoms with Crippen LogP contribution >= 0.6 is 0 Å². The van der Waals surface area contributed by atoms with E-state index in [1.165, 1.54) is 24.1 Å². The van der Waals surface area contributed by atoms with Crippen molar-refractivity contribution in [3.8, 4) is 0 Å². The minimum atomic E-state index is -3.56. The molecule has 0 saturated carbocycles. The third-order valence-corrected chi connectivity index (χ3v) is 5.05. The van der Waals surface area contributed by atoms with E-state index in [2.05, 4.69) is 0 Å². The van der Waals surface area contributed by atoms with E-state index in [9.17, 15) is 17.6 Å². The van der Waals surface area contributed by atoms with Crippen LogP contribution in [-0.2, 0) is 26.9 Å². The second-order valence-electron chi connectivity index (χ2n) is 5.90. The molecule has 0 heterocycles. The van der Waals surface area contributed by atoms with Gasteiger partial charge in [-0.05, 0) is 30.2 Å². The number of halogens is 1. The molecule has 6 heteroatoms. The van der Waals surface area contributed by atoms with Crippen LogP contribution in [0.2, 0.25) is 0 Å². The third-order valence-electron chi connectivity index (χ3n) is 3.59. The standard InChI is InChI=1S/C18H20FNO3S/c1-14-6-8-15(9-7-14)12-24(22,23)13-18(21)20(2)11-16-4-3-5-17(19)10-16/h3-10H,11-13H2,1-2H3. The lowest BCUT2D eigenvalue weighted by atomic mass is 10.2. The Morgan fingerprint density at radius 1 is 1.08 bits per heavy atom. The minimum absolute atomic E-state index is 0.163. The average molecular weight is 349 g/mol. The highest BCUT2D eigenvalue weighted by molar-refractivity contribution is 7.91. The summed E-state index contributed by atoms with van der Waals surface area (Å²) in [7, 11) is -2.05. The molecule has 1 amide bonds. The molecule has 24 heavy (non-hydrogen) atoms. The van der Waals surface area contributed by atoms with Crippen molar-refractivity contribution < 1.29 is 17.6 Å². The molecule has 0 atom stereocenters. The molecule has 2 rings (SSSR count). The molecule has 2 aromatic rings. The van der Waals surface area contributed by atoms with Crippen LogP contribution in [0, 0.1) is 12.7 Å². The Morgan fingerprint density at radius 2 is 1.75 bits per heavy atom. The summed E-state index contributed by atoms with van der Waals surface area (Å²) in [6.07, 6.45) is 0. The SMILES string of the molecule is Cc1ccc(CS(=O)(=O)CC(=O)N(C)Cc2cccc(F)c2)cc1. The lowest BCUT2D eigenvalue weighted by molar-refractivity contribution is -0.127. The normalized spacial score (nSPS) is 11.3. The van der Waals surface area contributed by atoms with Crippen LogP contribution in [-0.4, -0.2) is 32.0 Å². The molecule has 0 aliphatic heterocycles. The van der Waals surface area contributed by atoms with Gasteiger partial charge in [-0.2, -0.15) is 0 Å². The molecule has 2 aromatic carbocycles. The highest BCUT2D eigenvalue weighted by Crippen LogP contribution is 2.11. The highest BCUT2D eigenvalue weighted by atomic mass is 32.2. The van der Waals surface area contributed by atoms with Crippen molar-refractivity contribution in [2.24, 2.45) is 0 Å². The molecular formula is C18H20FNO3S. The fourth-order valence-electron chi connectivity index (χ4n) is 2.28. The summed E-state index contributed by atoms with van der Waals surface area (Å²) in [5.74, 6) is -1.63. The summed E-state index contributed by atoms with van der Waals surface area (Å²) in [5, 5.41) is 0. The topological polar surface area (TPSA) is 54.5 Å². The molecular weight excluding hydrogens is 329 g/mol. The predicted molar refractivity (Wildman–Crippen MR) is 91.5 cm³/mol. The number of rotatable bonds is 6. The van der Waals surface area contributed by atoms with E-state index in [-0.39, 0.29) is 18.1 Å². The van der Waals surface area contributed by atoms with E-state index >= 15 is 0 Å². The van der Waals surface area contributed by atoms with Crippen LogP contribution in [0.25, 0.3) is 0 Å². The Labute approximate surface area is 141 Å². The van der Waals surface area contributed by atoms with Gasteiger partial charge in [-0.15, -0.1) is 0 Å². The van der Waals surface area contributed by atoms with Crippen molar-refractivity contribution in [2.75, 3.05) is 12.8 Å². The number of amides is 1. The molecule has 0 fully saturated rings. The summed E-state index contributed by atoms with van der Waals surface area (Å²) in [5.41, 5.74) is 2.31. The fourth-order valence-corrected chi connectivity index (χ4v) is 3.68. The Bertz CT molecular complexity index is 816. The number of hydrogen-bond donors (Lipinski definition) is 0. The Hall–Kier alpha value is -2.21. The molecule has 4 nitrogen and oxygen atoms in total. The van der Waals surface area contributed by atoms with Gasteiger partial charge in [0.2, 0.25) is 5.91 Å². The van der Waals surface area contributed by atoms with Crippen molar-refractivity contribution in [2.45, 2.75) is 19.2 Å². The Kier molecular flexibility index (Phi) is 5.72. The molecule has 0 saturated heterocycles. The smallest absolute Gasteiger partial charge is 0.237 e. The molecule has 0 spiro atoms. The van der Waals surface area contributed by atoms with Gasteiger partial charge in [0.05, 0.1) is 5.75 Å². The Morgan fingerprint density at radius 3 is 2.38 bits per heavy atom. The average Bonchev–Trinajstić information content (AvgIpc) is 2.49. The predicted octanol–water partition coefficient (Wildman–Crippen LogP) is 2.71. The maximum atomic E-state index is 13.2. The maximum Gasteiger partial charge on any atom is 0.237 e. The quantitative estimate of drug-likeness (QED) is 0.806. The van der Waals surface area contributed by atoms with Crippen LogP contribution in [0.15, 0.2) is 48.5 Å². The first-order chi connectivity index (χ1) is 11.2. The van der Waals surface area contributed by atoms with Crippen LogP contribution in [0.5, 0.6) is 0 Å². The highest BCUT2D eigenvalue weighted by Gasteiger charge is 2.20. The van der Waals surface area contributed by atoms with Crippen molar-refractivity contribution in [1.82, 2.24) is 4.90 Å². The summed E-state index contributed by atoms with van der Waals surface area (Å²) < 4.78 is 37.6. The molecule has 0 unspecified atom stereocenters. The van der Waals surface area contributed by atoms with Gasteiger partial charge in [0.15, 0.2) is 9.84 Å². The fraction of sp³-hybridized carbons (Fsp3) is 0.278. The van der Waals surface area contributed by atoms with E-state index in [1.807, 2.05) is 19.1 Å². The number of aryl methyl sites for hydroxylation is 1. The molecule has 0 bridgehead atoms. The van der Waals surface area contributed by atoms with E-state index in [1.54, 1.807) is 24.3 Å². The minimum Gasteiger partial charge on any atom is -0.341 e. The number of hydrogen-bond acceptors (Lipinski definition) is 3. The summed E-state index contributed by atoms with van der Waals surface area (Å²) >= 11 is 0. The monoisotopic (exact) mass is 349 g/mol. The summed E-state index contributed by atoms with van der Waals surface area (Å²) in [6, 6.07) is 13.0. The van der Waals surface area contributed by atoms with Crippen molar-refractivity contribution >= 4 is 15.7 Å². The zero-order valence-electron chi connectivity index (χ0n) is 13.7. The third kappa shape index (κ3) is 5.45. The number of carbonyl (C=O) groups is 1. The van der Waals surface area contributed by atoms with Gasteiger partial charge in [-0.1, -0.05) is 42.0 Å². The summed E-state index contributed by atoms with van der Waals surface area (Å²) in [6.45, 7) is 2.08. The van der Waals surface area contributed by atoms with Gasteiger partial charge in [0.1, 0.15) is 11.6 Å². The first-order valence-electron chi connectivity index (χ1n) is 7.49. The van der Waals surface area contributed by atoms with E-state index < -0.39 is 21.5 Å². The van der Waals surface area contributed by atoms with Crippen LogP contribution < -0.4 is 0 Å². The Balaban J connectivity index is 1.97. The number of sulfone groups is 1. The summed E-state index contributed by atoms with van der Waals surface area (Å²) in [4.78, 5) is 13.4. The molecule has 0 aliphatic carbocycles.